The smallest absolute Gasteiger partial charge is 0.258 e. The minimum absolute atomic E-state index is 0.0145. The highest BCUT2D eigenvalue weighted by Gasteiger charge is 2.40. The normalized spacial score (nSPS) is 24.1. The average molecular weight is 419 g/mol. The standard InChI is InChI=1S/C22H24Cl2N2O2/c23-16-6-4-15(5-7-16)13-26-19-8-9-20(26)12-18(11-19)25-22(27)14-28-21-3-1-2-17(24)10-21/h1-7,10,18-20H,8-9,11-14H2,(H,25,27). The molecule has 6 heteroatoms. The van der Waals surface area contributed by atoms with Crippen molar-refractivity contribution in [3.8, 4) is 5.75 Å². The van der Waals surface area contributed by atoms with Crippen molar-refractivity contribution in [1.82, 2.24) is 10.2 Å². The molecule has 2 aromatic carbocycles. The molecule has 0 aromatic heterocycles. The molecule has 2 atom stereocenters. The van der Waals surface area contributed by atoms with E-state index in [1.165, 1.54) is 18.4 Å². The van der Waals surface area contributed by atoms with Gasteiger partial charge in [0.15, 0.2) is 6.61 Å². The van der Waals surface area contributed by atoms with Gasteiger partial charge in [0.1, 0.15) is 5.75 Å². The van der Waals surface area contributed by atoms with Crippen LogP contribution in [-0.2, 0) is 11.3 Å². The van der Waals surface area contributed by atoms with Gasteiger partial charge < -0.3 is 10.1 Å². The van der Waals surface area contributed by atoms with Crippen LogP contribution in [0.5, 0.6) is 5.75 Å². The first kappa shape index (κ1) is 19.6. The van der Waals surface area contributed by atoms with E-state index < -0.39 is 0 Å². The first-order chi connectivity index (χ1) is 13.6. The third-order valence-corrected chi connectivity index (χ3v) is 6.18. The molecule has 2 heterocycles. The molecule has 2 aliphatic rings. The molecule has 2 aliphatic heterocycles. The fourth-order valence-electron chi connectivity index (χ4n) is 4.43. The van der Waals surface area contributed by atoms with E-state index in [1.54, 1.807) is 18.2 Å². The number of hydrogen-bond donors (Lipinski definition) is 1. The Bertz CT molecular complexity index is 814. The van der Waals surface area contributed by atoms with Crippen molar-refractivity contribution in [3.63, 3.8) is 0 Å². The Kier molecular flexibility index (Phi) is 6.10. The first-order valence-corrected chi connectivity index (χ1v) is 10.5. The second-order valence-corrected chi connectivity index (χ2v) is 8.54. The van der Waals surface area contributed by atoms with Crippen LogP contribution in [0.3, 0.4) is 0 Å². The summed E-state index contributed by atoms with van der Waals surface area (Å²) < 4.78 is 5.55. The molecule has 1 amide bonds. The average Bonchev–Trinajstić information content (AvgIpc) is 2.90. The van der Waals surface area contributed by atoms with E-state index in [0.29, 0.717) is 22.9 Å². The van der Waals surface area contributed by atoms with Crippen LogP contribution in [0.1, 0.15) is 31.2 Å². The van der Waals surface area contributed by atoms with Gasteiger partial charge in [-0.2, -0.15) is 0 Å². The Morgan fingerprint density at radius 2 is 1.75 bits per heavy atom. The number of carbonyl (C=O) groups excluding carboxylic acids is 1. The van der Waals surface area contributed by atoms with Crippen molar-refractivity contribution in [1.29, 1.82) is 0 Å². The number of benzene rings is 2. The molecule has 2 bridgehead atoms. The minimum atomic E-state index is -0.0736. The number of rotatable bonds is 6. The lowest BCUT2D eigenvalue weighted by Crippen LogP contribution is -2.50. The molecule has 2 saturated heterocycles. The zero-order valence-corrected chi connectivity index (χ0v) is 17.1. The summed E-state index contributed by atoms with van der Waals surface area (Å²) in [5, 5.41) is 4.53. The van der Waals surface area contributed by atoms with Crippen LogP contribution in [0, 0.1) is 0 Å². The predicted octanol–water partition coefficient (Wildman–Crippen LogP) is 4.68. The van der Waals surface area contributed by atoms with E-state index in [2.05, 4.69) is 22.3 Å². The highest BCUT2D eigenvalue weighted by atomic mass is 35.5. The number of piperidine rings is 1. The lowest BCUT2D eigenvalue weighted by Gasteiger charge is -2.39. The van der Waals surface area contributed by atoms with Gasteiger partial charge in [0, 0.05) is 34.7 Å². The van der Waals surface area contributed by atoms with Gasteiger partial charge >= 0.3 is 0 Å². The SMILES string of the molecule is O=C(COc1cccc(Cl)c1)NC1CC2CCC(C1)N2Cc1ccc(Cl)cc1. The maximum atomic E-state index is 12.3. The lowest BCUT2D eigenvalue weighted by atomic mass is 9.96. The maximum Gasteiger partial charge on any atom is 0.258 e. The molecule has 0 saturated carbocycles. The summed E-state index contributed by atoms with van der Waals surface area (Å²) in [5.74, 6) is 0.538. The van der Waals surface area contributed by atoms with Crippen LogP contribution in [-0.4, -0.2) is 35.5 Å². The van der Waals surface area contributed by atoms with Crippen LogP contribution in [0.15, 0.2) is 48.5 Å². The second kappa shape index (κ2) is 8.73. The van der Waals surface area contributed by atoms with Gasteiger partial charge in [0.05, 0.1) is 0 Å². The summed E-state index contributed by atoms with van der Waals surface area (Å²) in [5.41, 5.74) is 1.29. The third kappa shape index (κ3) is 4.80. The van der Waals surface area contributed by atoms with Crippen molar-refractivity contribution in [2.75, 3.05) is 6.61 Å². The van der Waals surface area contributed by atoms with E-state index in [-0.39, 0.29) is 18.6 Å². The largest absolute Gasteiger partial charge is 0.484 e. The molecule has 4 rings (SSSR count). The van der Waals surface area contributed by atoms with Crippen LogP contribution in [0.4, 0.5) is 0 Å². The molecule has 0 radical (unpaired) electrons. The Balaban J connectivity index is 1.28. The molecule has 4 nitrogen and oxygen atoms in total. The number of hydrogen-bond acceptors (Lipinski definition) is 3. The predicted molar refractivity (Wildman–Crippen MR) is 112 cm³/mol. The highest BCUT2D eigenvalue weighted by Crippen LogP contribution is 2.37. The van der Waals surface area contributed by atoms with Crippen molar-refractivity contribution in [2.24, 2.45) is 0 Å². The van der Waals surface area contributed by atoms with Gasteiger partial charge in [0.25, 0.3) is 5.91 Å². The van der Waals surface area contributed by atoms with E-state index >= 15 is 0 Å². The van der Waals surface area contributed by atoms with Gasteiger partial charge in [-0.25, -0.2) is 0 Å². The van der Waals surface area contributed by atoms with E-state index in [9.17, 15) is 4.79 Å². The van der Waals surface area contributed by atoms with Crippen LogP contribution < -0.4 is 10.1 Å². The van der Waals surface area contributed by atoms with Gasteiger partial charge in [-0.3, -0.25) is 9.69 Å². The number of fused-ring (bicyclic) bond motifs is 2. The summed E-state index contributed by atoms with van der Waals surface area (Å²) in [6.07, 6.45) is 4.38. The topological polar surface area (TPSA) is 41.6 Å². The summed E-state index contributed by atoms with van der Waals surface area (Å²) in [7, 11) is 0. The number of amides is 1. The fourth-order valence-corrected chi connectivity index (χ4v) is 4.73. The van der Waals surface area contributed by atoms with Gasteiger partial charge in [-0.1, -0.05) is 41.4 Å². The van der Waals surface area contributed by atoms with Gasteiger partial charge in [-0.05, 0) is 61.6 Å². The monoisotopic (exact) mass is 418 g/mol. The van der Waals surface area contributed by atoms with Crippen LogP contribution >= 0.6 is 23.2 Å². The zero-order chi connectivity index (χ0) is 19.5. The van der Waals surface area contributed by atoms with E-state index in [4.69, 9.17) is 27.9 Å². The maximum absolute atomic E-state index is 12.3. The molecule has 0 aliphatic carbocycles. The Labute approximate surface area is 175 Å². The fraction of sp³-hybridized carbons (Fsp3) is 0.409. The Morgan fingerprint density at radius 1 is 1.04 bits per heavy atom. The van der Waals surface area contributed by atoms with E-state index in [1.807, 2.05) is 18.2 Å². The molecule has 2 unspecified atom stereocenters. The number of nitrogens with zero attached hydrogens (tertiary/aromatic N) is 1. The molecule has 2 aromatic rings. The Morgan fingerprint density at radius 3 is 2.43 bits per heavy atom. The van der Waals surface area contributed by atoms with Crippen LogP contribution in [0.2, 0.25) is 10.0 Å². The highest BCUT2D eigenvalue weighted by molar-refractivity contribution is 6.30. The van der Waals surface area contributed by atoms with Crippen molar-refractivity contribution in [2.45, 2.75) is 50.4 Å². The molecule has 1 N–H and O–H groups in total. The zero-order valence-electron chi connectivity index (χ0n) is 15.6. The number of ether oxygens (including phenoxy) is 1. The molecular weight excluding hydrogens is 395 g/mol. The number of halogens is 2. The second-order valence-electron chi connectivity index (χ2n) is 7.67. The van der Waals surface area contributed by atoms with Crippen molar-refractivity contribution < 1.29 is 9.53 Å². The summed E-state index contributed by atoms with van der Waals surface area (Å²) in [6, 6.07) is 16.5. The first-order valence-electron chi connectivity index (χ1n) is 9.75. The Hall–Kier alpha value is -1.75. The van der Waals surface area contributed by atoms with Crippen LogP contribution in [0.25, 0.3) is 0 Å². The molecule has 28 heavy (non-hydrogen) atoms. The quantitative estimate of drug-likeness (QED) is 0.739. The number of carbonyl (C=O) groups is 1. The van der Waals surface area contributed by atoms with E-state index in [0.717, 1.165) is 24.4 Å². The minimum Gasteiger partial charge on any atom is -0.484 e. The van der Waals surface area contributed by atoms with Crippen molar-refractivity contribution >= 4 is 29.1 Å². The van der Waals surface area contributed by atoms with Crippen molar-refractivity contribution in [3.05, 3.63) is 64.1 Å². The molecule has 0 spiro atoms. The van der Waals surface area contributed by atoms with Gasteiger partial charge in [-0.15, -0.1) is 0 Å². The molecule has 2 fully saturated rings. The summed E-state index contributed by atoms with van der Waals surface area (Å²) >= 11 is 11.9. The summed E-state index contributed by atoms with van der Waals surface area (Å²) in [6.45, 7) is 0.964. The van der Waals surface area contributed by atoms with Gasteiger partial charge in [0.2, 0.25) is 0 Å². The third-order valence-electron chi connectivity index (χ3n) is 5.69. The molecule has 148 valence electrons. The molecular formula is C22H24Cl2N2O2. The lowest BCUT2D eigenvalue weighted by molar-refractivity contribution is -0.124. The summed E-state index contributed by atoms with van der Waals surface area (Å²) in [4.78, 5) is 14.9. The number of nitrogens with one attached hydrogen (secondary N) is 1.